The third-order valence-corrected chi connectivity index (χ3v) is 2.77. The fourth-order valence-electron chi connectivity index (χ4n) is 1.91. The molecule has 1 aromatic rings. The van der Waals surface area contributed by atoms with Crippen LogP contribution >= 0.6 is 0 Å². The van der Waals surface area contributed by atoms with Crippen LogP contribution < -0.4 is 10.6 Å². The second kappa shape index (κ2) is 7.35. The van der Waals surface area contributed by atoms with E-state index < -0.39 is 40.8 Å². The lowest BCUT2D eigenvalue weighted by Crippen LogP contribution is -2.49. The number of anilines is 2. The number of nitrogen functional groups attached to an aromatic ring is 1. The third kappa shape index (κ3) is 5.67. The van der Waals surface area contributed by atoms with Crippen molar-refractivity contribution in [2.24, 2.45) is 0 Å². The molecule has 1 unspecified atom stereocenters. The van der Waals surface area contributed by atoms with Crippen LogP contribution in [0.1, 0.15) is 41.5 Å². The standard InChI is InChI=1S/C17H24F2N2O4/c1-16(2,3)24-12(9-22)21(15(23)25-17(4,5)6)14-10(18)7-8-11(20)13(14)19/h7-9,12H,20H2,1-6H3. The SMILES string of the molecule is CC(C)(C)OC(=O)N(c1c(F)ccc(N)c1F)C(C=O)OC(C)(C)C. The molecule has 0 spiro atoms. The number of amides is 1. The Bertz CT molecular complexity index is 651. The molecule has 0 bridgehead atoms. The number of carbonyl (C=O) groups excluding carboxylic acids is 2. The highest BCUT2D eigenvalue weighted by atomic mass is 19.1. The van der Waals surface area contributed by atoms with Crippen molar-refractivity contribution in [3.05, 3.63) is 23.8 Å². The van der Waals surface area contributed by atoms with Crippen molar-refractivity contribution in [1.82, 2.24) is 0 Å². The van der Waals surface area contributed by atoms with Gasteiger partial charge in [0, 0.05) is 0 Å². The number of hydrogen-bond donors (Lipinski definition) is 1. The van der Waals surface area contributed by atoms with E-state index in [0.29, 0.717) is 4.90 Å². The molecular formula is C17H24F2N2O4. The summed E-state index contributed by atoms with van der Waals surface area (Å²) in [6, 6.07) is 1.91. The average molecular weight is 358 g/mol. The van der Waals surface area contributed by atoms with Crippen LogP contribution in [0.25, 0.3) is 0 Å². The molecule has 8 heteroatoms. The lowest BCUT2D eigenvalue weighted by atomic mass is 10.2. The van der Waals surface area contributed by atoms with E-state index in [9.17, 15) is 18.4 Å². The van der Waals surface area contributed by atoms with Gasteiger partial charge in [0.05, 0.1) is 11.3 Å². The minimum Gasteiger partial charge on any atom is -0.443 e. The molecule has 1 rings (SSSR count). The minimum atomic E-state index is -1.61. The smallest absolute Gasteiger partial charge is 0.417 e. The maximum Gasteiger partial charge on any atom is 0.417 e. The number of hydrogen-bond acceptors (Lipinski definition) is 5. The van der Waals surface area contributed by atoms with Gasteiger partial charge in [0.25, 0.3) is 0 Å². The first-order valence-corrected chi connectivity index (χ1v) is 7.65. The van der Waals surface area contributed by atoms with Crippen molar-refractivity contribution in [3.8, 4) is 0 Å². The molecular weight excluding hydrogens is 334 g/mol. The van der Waals surface area contributed by atoms with E-state index >= 15 is 0 Å². The van der Waals surface area contributed by atoms with Crippen LogP contribution in [0.4, 0.5) is 25.0 Å². The van der Waals surface area contributed by atoms with Gasteiger partial charge in [-0.25, -0.2) is 18.5 Å². The Labute approximate surface area is 145 Å². The third-order valence-electron chi connectivity index (χ3n) is 2.77. The van der Waals surface area contributed by atoms with E-state index in [-0.39, 0.29) is 12.0 Å². The number of carbonyl (C=O) groups is 2. The van der Waals surface area contributed by atoms with Crippen molar-refractivity contribution >= 4 is 23.8 Å². The van der Waals surface area contributed by atoms with Gasteiger partial charge in [-0.05, 0) is 53.7 Å². The first kappa shape index (κ1) is 20.8. The summed E-state index contributed by atoms with van der Waals surface area (Å²) in [7, 11) is 0. The Morgan fingerprint density at radius 1 is 1.16 bits per heavy atom. The van der Waals surface area contributed by atoms with Gasteiger partial charge in [-0.2, -0.15) is 0 Å². The number of nitrogens with zero attached hydrogens (tertiary/aromatic N) is 1. The van der Waals surface area contributed by atoms with Crippen LogP contribution in [0.2, 0.25) is 0 Å². The van der Waals surface area contributed by atoms with Gasteiger partial charge in [-0.1, -0.05) is 0 Å². The Balaban J connectivity index is 3.50. The van der Waals surface area contributed by atoms with Crippen molar-refractivity contribution in [3.63, 3.8) is 0 Å². The average Bonchev–Trinajstić information content (AvgIpc) is 2.42. The second-order valence-corrected chi connectivity index (χ2v) is 7.41. The van der Waals surface area contributed by atoms with Gasteiger partial charge < -0.3 is 15.2 Å². The van der Waals surface area contributed by atoms with Crippen LogP contribution in [0.15, 0.2) is 12.1 Å². The first-order chi connectivity index (χ1) is 11.3. The number of aldehydes is 1. The Kier molecular flexibility index (Phi) is 6.12. The highest BCUT2D eigenvalue weighted by molar-refractivity contribution is 5.93. The van der Waals surface area contributed by atoms with Gasteiger partial charge in [0.15, 0.2) is 18.3 Å². The molecule has 1 amide bonds. The zero-order valence-electron chi connectivity index (χ0n) is 15.2. The van der Waals surface area contributed by atoms with Crippen LogP contribution in [-0.2, 0) is 14.3 Å². The van der Waals surface area contributed by atoms with E-state index in [2.05, 4.69) is 0 Å². The molecule has 0 radical (unpaired) electrons. The Hall–Kier alpha value is -2.22. The Morgan fingerprint density at radius 3 is 2.16 bits per heavy atom. The van der Waals surface area contributed by atoms with Crippen LogP contribution in [0.3, 0.4) is 0 Å². The summed E-state index contributed by atoms with van der Waals surface area (Å²) in [5.74, 6) is -2.27. The predicted octanol–water partition coefficient (Wildman–Crippen LogP) is 3.63. The number of ether oxygens (including phenoxy) is 2. The van der Waals surface area contributed by atoms with Crippen LogP contribution in [0.5, 0.6) is 0 Å². The number of benzene rings is 1. The fraction of sp³-hybridized carbons (Fsp3) is 0.529. The quantitative estimate of drug-likeness (QED) is 0.505. The molecule has 2 N–H and O–H groups in total. The topological polar surface area (TPSA) is 81.9 Å². The van der Waals surface area contributed by atoms with Crippen molar-refractivity contribution in [2.45, 2.75) is 59.0 Å². The zero-order valence-corrected chi connectivity index (χ0v) is 15.2. The summed E-state index contributed by atoms with van der Waals surface area (Å²) in [5.41, 5.74) is 2.44. The first-order valence-electron chi connectivity index (χ1n) is 7.65. The Morgan fingerprint density at radius 2 is 1.72 bits per heavy atom. The van der Waals surface area contributed by atoms with Crippen molar-refractivity contribution < 1.29 is 27.8 Å². The summed E-state index contributed by atoms with van der Waals surface area (Å²) < 4.78 is 39.4. The summed E-state index contributed by atoms with van der Waals surface area (Å²) in [6.45, 7) is 9.62. The highest BCUT2D eigenvalue weighted by Crippen LogP contribution is 2.31. The van der Waals surface area contributed by atoms with E-state index in [1.165, 1.54) is 0 Å². The summed E-state index contributed by atoms with van der Waals surface area (Å²) in [5, 5.41) is 0. The monoisotopic (exact) mass is 358 g/mol. The molecule has 0 aliphatic rings. The van der Waals surface area contributed by atoms with Crippen LogP contribution in [0, 0.1) is 11.6 Å². The predicted molar refractivity (Wildman–Crippen MR) is 90.2 cm³/mol. The number of rotatable bonds is 4. The van der Waals surface area contributed by atoms with Gasteiger partial charge in [-0.15, -0.1) is 0 Å². The van der Waals surface area contributed by atoms with Crippen molar-refractivity contribution in [1.29, 1.82) is 0 Å². The molecule has 140 valence electrons. The minimum absolute atomic E-state index is 0.261. The molecule has 0 aromatic heterocycles. The maximum absolute atomic E-state index is 14.4. The van der Waals surface area contributed by atoms with Crippen molar-refractivity contribution in [2.75, 3.05) is 10.6 Å². The lowest BCUT2D eigenvalue weighted by molar-refractivity contribution is -0.127. The van der Waals surface area contributed by atoms with Gasteiger partial charge in [0.2, 0.25) is 0 Å². The lowest BCUT2D eigenvalue weighted by Gasteiger charge is -2.34. The van der Waals surface area contributed by atoms with E-state index in [0.717, 1.165) is 12.1 Å². The molecule has 0 aliphatic heterocycles. The highest BCUT2D eigenvalue weighted by Gasteiger charge is 2.36. The second-order valence-electron chi connectivity index (χ2n) is 7.41. The van der Waals surface area contributed by atoms with Gasteiger partial charge in [0.1, 0.15) is 17.1 Å². The number of nitrogens with two attached hydrogens (primary N) is 1. The molecule has 1 atom stereocenters. The molecule has 6 nitrogen and oxygen atoms in total. The summed E-state index contributed by atoms with van der Waals surface area (Å²) in [6.07, 6.45) is -2.49. The van der Waals surface area contributed by atoms with E-state index in [1.54, 1.807) is 41.5 Å². The summed E-state index contributed by atoms with van der Waals surface area (Å²) >= 11 is 0. The molecule has 0 saturated heterocycles. The number of halogens is 2. The molecule has 25 heavy (non-hydrogen) atoms. The molecule has 0 fully saturated rings. The summed E-state index contributed by atoms with van der Waals surface area (Å²) in [4.78, 5) is 24.6. The van der Waals surface area contributed by atoms with Gasteiger partial charge in [-0.3, -0.25) is 4.79 Å². The normalized spacial score (nSPS) is 13.3. The molecule has 0 saturated carbocycles. The maximum atomic E-state index is 14.4. The molecule has 1 aromatic carbocycles. The molecule has 0 aliphatic carbocycles. The molecule has 0 heterocycles. The van der Waals surface area contributed by atoms with E-state index in [1.807, 2.05) is 0 Å². The van der Waals surface area contributed by atoms with Gasteiger partial charge >= 0.3 is 6.09 Å². The zero-order chi connectivity index (χ0) is 19.6. The largest absolute Gasteiger partial charge is 0.443 e. The van der Waals surface area contributed by atoms with E-state index in [4.69, 9.17) is 15.2 Å². The fourth-order valence-corrected chi connectivity index (χ4v) is 1.91. The van der Waals surface area contributed by atoms with Crippen LogP contribution in [-0.4, -0.2) is 29.8 Å².